The first kappa shape index (κ1) is 31.7. The maximum Gasteiger partial charge on any atom is 0.497 e. The molecule has 13 heteroatoms. The van der Waals surface area contributed by atoms with Crippen LogP contribution < -0.4 is 11.2 Å². The summed E-state index contributed by atoms with van der Waals surface area (Å²) in [5.74, 6) is -0.646. The molecular formula is C32H44BN5O7. The molecule has 3 aliphatic heterocycles. The van der Waals surface area contributed by atoms with E-state index in [1.807, 2.05) is 98.7 Å². The predicted molar refractivity (Wildman–Crippen MR) is 168 cm³/mol. The molecule has 12 nitrogen and oxygen atoms in total. The van der Waals surface area contributed by atoms with Crippen molar-refractivity contribution < 1.29 is 33.1 Å². The third kappa shape index (κ3) is 5.80. The average Bonchev–Trinajstić information content (AvgIpc) is 3.60. The largest absolute Gasteiger partial charge is 0.497 e. The Bertz CT molecular complexity index is 1560. The molecule has 6 rings (SSSR count). The molecule has 0 unspecified atom stereocenters. The highest BCUT2D eigenvalue weighted by Crippen LogP contribution is 2.48. The van der Waals surface area contributed by atoms with E-state index in [2.05, 4.69) is 10.1 Å². The third-order valence-electron chi connectivity index (χ3n) is 8.97. The van der Waals surface area contributed by atoms with Gasteiger partial charge in [0.05, 0.1) is 36.2 Å². The van der Waals surface area contributed by atoms with Gasteiger partial charge in [-0.2, -0.15) is 5.10 Å². The molecule has 3 aliphatic rings. The summed E-state index contributed by atoms with van der Waals surface area (Å²) in [5.41, 5.74) is 7.40. The SMILES string of the molecule is CC(C)(C)OC(=O)N1[C@H](COCc2ccccc2)[C@H]2OC(C)(C)O[C@H]2[C@@H]1c1cc(B2OC(C)(C)C(C)(C)O2)c2c(N)ncnn12. The van der Waals surface area contributed by atoms with E-state index in [0.717, 1.165) is 5.56 Å². The Hall–Kier alpha value is -3.23. The zero-order valence-corrected chi connectivity index (χ0v) is 27.6. The van der Waals surface area contributed by atoms with Gasteiger partial charge in [-0.25, -0.2) is 14.3 Å². The van der Waals surface area contributed by atoms with E-state index in [0.29, 0.717) is 23.3 Å². The van der Waals surface area contributed by atoms with E-state index >= 15 is 0 Å². The lowest BCUT2D eigenvalue weighted by Crippen LogP contribution is -2.47. The van der Waals surface area contributed by atoms with Crippen LogP contribution in [0.2, 0.25) is 0 Å². The van der Waals surface area contributed by atoms with E-state index in [9.17, 15) is 4.79 Å². The molecule has 0 aliphatic carbocycles. The summed E-state index contributed by atoms with van der Waals surface area (Å²) in [7, 11) is -0.749. The van der Waals surface area contributed by atoms with Crippen LogP contribution in [-0.4, -0.2) is 80.2 Å². The normalized spacial score (nSPS) is 26.9. The summed E-state index contributed by atoms with van der Waals surface area (Å²) in [4.78, 5) is 20.1. The Balaban J connectivity index is 1.45. The van der Waals surface area contributed by atoms with Gasteiger partial charge in [0.1, 0.15) is 35.7 Å². The Kier molecular flexibility index (Phi) is 7.72. The first-order chi connectivity index (χ1) is 21.0. The van der Waals surface area contributed by atoms with Gasteiger partial charge in [0, 0.05) is 5.46 Å². The number of rotatable bonds is 6. The number of ether oxygens (including phenoxy) is 4. The average molecular weight is 622 g/mol. The number of likely N-dealkylation sites (tertiary alicyclic amines) is 1. The number of carbonyl (C=O) groups is 1. The van der Waals surface area contributed by atoms with Gasteiger partial charge in [-0.3, -0.25) is 4.90 Å². The second-order valence-corrected chi connectivity index (χ2v) is 14.5. The van der Waals surface area contributed by atoms with Crippen LogP contribution in [0.25, 0.3) is 5.52 Å². The minimum absolute atomic E-state index is 0.190. The van der Waals surface area contributed by atoms with Gasteiger partial charge in [-0.1, -0.05) is 30.3 Å². The lowest BCUT2D eigenvalue weighted by atomic mass is 9.79. The first-order valence-corrected chi connectivity index (χ1v) is 15.4. The molecule has 0 radical (unpaired) electrons. The first-order valence-electron chi connectivity index (χ1n) is 15.4. The van der Waals surface area contributed by atoms with Crippen LogP contribution in [0.3, 0.4) is 0 Å². The minimum Gasteiger partial charge on any atom is -0.444 e. The summed E-state index contributed by atoms with van der Waals surface area (Å²) >= 11 is 0. The van der Waals surface area contributed by atoms with Crippen LogP contribution in [0.1, 0.15) is 79.6 Å². The smallest absolute Gasteiger partial charge is 0.444 e. The van der Waals surface area contributed by atoms with Crippen molar-refractivity contribution >= 4 is 30.0 Å². The van der Waals surface area contributed by atoms with E-state index in [1.165, 1.54) is 6.33 Å². The van der Waals surface area contributed by atoms with Gasteiger partial charge in [0.2, 0.25) is 0 Å². The molecule has 242 valence electrons. The van der Waals surface area contributed by atoms with Crippen molar-refractivity contribution in [2.24, 2.45) is 0 Å². The molecule has 3 aromatic rings. The zero-order chi connectivity index (χ0) is 32.5. The van der Waals surface area contributed by atoms with Gasteiger partial charge in [-0.15, -0.1) is 0 Å². The fraction of sp³-hybridized carbons (Fsp3) is 0.594. The second kappa shape index (κ2) is 10.9. The molecule has 0 saturated carbocycles. The van der Waals surface area contributed by atoms with E-state index in [1.54, 1.807) is 9.42 Å². The van der Waals surface area contributed by atoms with Gasteiger partial charge >= 0.3 is 13.2 Å². The van der Waals surface area contributed by atoms with Gasteiger partial charge in [0.25, 0.3) is 0 Å². The molecule has 2 N–H and O–H groups in total. The van der Waals surface area contributed by atoms with Crippen LogP contribution in [-0.2, 0) is 34.9 Å². The van der Waals surface area contributed by atoms with Crippen molar-refractivity contribution in [1.29, 1.82) is 0 Å². The number of hydrogen-bond acceptors (Lipinski definition) is 10. The van der Waals surface area contributed by atoms with E-state index < -0.39 is 60.1 Å². The van der Waals surface area contributed by atoms with Crippen molar-refractivity contribution in [3.8, 4) is 0 Å². The third-order valence-corrected chi connectivity index (χ3v) is 8.97. The van der Waals surface area contributed by atoms with Gasteiger partial charge in [-0.05, 0) is 73.9 Å². The van der Waals surface area contributed by atoms with Crippen molar-refractivity contribution in [3.05, 3.63) is 54.0 Å². The monoisotopic (exact) mass is 621 g/mol. The quantitative estimate of drug-likeness (QED) is 0.403. The number of nitrogens with zero attached hydrogens (tertiary/aromatic N) is 4. The van der Waals surface area contributed by atoms with Crippen LogP contribution in [0, 0.1) is 0 Å². The fourth-order valence-electron chi connectivity index (χ4n) is 6.29. The molecule has 1 aromatic carbocycles. The van der Waals surface area contributed by atoms with Crippen LogP contribution >= 0.6 is 0 Å². The predicted octanol–water partition coefficient (Wildman–Crippen LogP) is 4.01. The molecule has 0 spiro atoms. The standard InChI is InChI=1S/C32H44BN5O7/c1-29(2,3)43-28(39)37-22(17-40-16-19-13-11-10-12-14-19)25-26(42-32(8,9)41-25)24(37)21-15-20(23-27(34)35-18-36-38(21)23)33-44-30(4,5)31(6,7)45-33/h10-15,18,22,24-26H,16-17H2,1-9H3,(H2,34,35,36)/t22-,24+,25-,26+/m1/s1. The molecule has 3 saturated heterocycles. The summed E-state index contributed by atoms with van der Waals surface area (Å²) in [5, 5.41) is 4.61. The summed E-state index contributed by atoms with van der Waals surface area (Å²) in [6.45, 7) is 17.8. The molecule has 2 aromatic heterocycles. The van der Waals surface area contributed by atoms with Gasteiger partial charge < -0.3 is 34.0 Å². The Morgan fingerprint density at radius 3 is 2.31 bits per heavy atom. The highest BCUT2D eigenvalue weighted by Gasteiger charge is 2.62. The number of anilines is 1. The van der Waals surface area contributed by atoms with Crippen molar-refractivity contribution in [2.75, 3.05) is 12.3 Å². The Morgan fingerprint density at radius 2 is 1.67 bits per heavy atom. The lowest BCUT2D eigenvalue weighted by molar-refractivity contribution is -0.170. The number of hydrogen-bond donors (Lipinski definition) is 1. The van der Waals surface area contributed by atoms with Crippen LogP contribution in [0.4, 0.5) is 10.6 Å². The van der Waals surface area contributed by atoms with Crippen LogP contribution in [0.5, 0.6) is 0 Å². The number of nitrogen functional groups attached to an aromatic ring is 1. The molecule has 0 bridgehead atoms. The lowest BCUT2D eigenvalue weighted by Gasteiger charge is -2.35. The minimum atomic E-state index is -0.902. The van der Waals surface area contributed by atoms with Gasteiger partial charge in [0.15, 0.2) is 11.6 Å². The molecular weight excluding hydrogens is 577 g/mol. The van der Waals surface area contributed by atoms with Crippen LogP contribution in [0.15, 0.2) is 42.7 Å². The number of benzene rings is 1. The summed E-state index contributed by atoms with van der Waals surface area (Å²) < 4.78 is 39.8. The maximum atomic E-state index is 14.1. The van der Waals surface area contributed by atoms with Crippen molar-refractivity contribution in [1.82, 2.24) is 19.5 Å². The molecule has 45 heavy (non-hydrogen) atoms. The van der Waals surface area contributed by atoms with E-state index in [-0.39, 0.29) is 12.4 Å². The second-order valence-electron chi connectivity index (χ2n) is 14.5. The molecule has 5 heterocycles. The van der Waals surface area contributed by atoms with Crippen molar-refractivity contribution in [2.45, 2.75) is 116 Å². The summed E-state index contributed by atoms with van der Waals surface area (Å²) in [6.07, 6.45) is -0.216. The summed E-state index contributed by atoms with van der Waals surface area (Å²) in [6, 6.07) is 10.6. The number of carbonyl (C=O) groups excluding carboxylic acids is 1. The molecule has 4 atom stereocenters. The molecule has 3 fully saturated rings. The number of amides is 1. The number of nitrogens with two attached hydrogens (primary N) is 1. The number of aromatic nitrogens is 3. The van der Waals surface area contributed by atoms with Crippen molar-refractivity contribution in [3.63, 3.8) is 0 Å². The Morgan fingerprint density at radius 1 is 1.02 bits per heavy atom. The maximum absolute atomic E-state index is 14.1. The topological polar surface area (TPSA) is 132 Å². The highest BCUT2D eigenvalue weighted by atomic mass is 16.8. The Labute approximate surface area is 264 Å². The van der Waals surface area contributed by atoms with E-state index in [4.69, 9.17) is 34.0 Å². The molecule has 1 amide bonds. The fourth-order valence-corrected chi connectivity index (χ4v) is 6.29. The highest BCUT2D eigenvalue weighted by molar-refractivity contribution is 6.64. The number of fused-ring (bicyclic) bond motifs is 2. The zero-order valence-electron chi connectivity index (χ0n) is 27.6.